The lowest BCUT2D eigenvalue weighted by molar-refractivity contribution is 0.577. The maximum absolute atomic E-state index is 14.3. The molecule has 0 atom stereocenters. The van der Waals surface area contributed by atoms with E-state index in [-0.39, 0.29) is 0 Å². The maximum atomic E-state index is 14.3. The van der Waals surface area contributed by atoms with Gasteiger partial charge in [0.25, 0.3) is 0 Å². The van der Waals surface area contributed by atoms with Crippen molar-refractivity contribution in [2.75, 3.05) is 0 Å². The fraction of sp³-hybridized carbons (Fsp3) is 0.0769. The van der Waals surface area contributed by atoms with E-state index < -0.39 is 11.8 Å². The first-order valence-corrected chi connectivity index (χ1v) is 11.4. The summed E-state index contributed by atoms with van der Waals surface area (Å²) < 4.78 is 28.1. The molecule has 0 aliphatic carbocycles. The fourth-order valence-electron chi connectivity index (χ4n) is 4.11. The first-order valence-electron chi connectivity index (χ1n) is 11.0. The van der Waals surface area contributed by atoms with E-state index in [1.165, 1.54) is 12.1 Å². The Bertz CT molecular complexity index is 1490. The second-order valence-corrected chi connectivity index (χ2v) is 8.32. The van der Waals surface area contributed by atoms with E-state index in [2.05, 4.69) is 31.8 Å². The van der Waals surface area contributed by atoms with Crippen molar-refractivity contribution >= 4 is 45.6 Å². The number of hydrazine groups is 2. The minimum atomic E-state index is -0.494. The molecule has 0 amide bonds. The topological polar surface area (TPSA) is 77.1 Å². The number of hydrogen-bond donors (Lipinski definition) is 4. The first kappa shape index (κ1) is 22.8. The van der Waals surface area contributed by atoms with Gasteiger partial charge in [-0.3, -0.25) is 10.5 Å². The maximum Gasteiger partial charge on any atom is 0.216 e. The van der Waals surface area contributed by atoms with Crippen molar-refractivity contribution in [1.82, 2.24) is 26.7 Å². The van der Waals surface area contributed by atoms with Crippen LogP contribution in [0.4, 0.5) is 8.78 Å². The van der Waals surface area contributed by atoms with E-state index >= 15 is 0 Å². The SMILES string of the molecule is CC/C(=C(/c1ccc(/C=C/C2=NNNN2)cc1)c1ccc2n[nH]c(F)c2c1)c1ccc(F)cc1Cl. The van der Waals surface area contributed by atoms with Gasteiger partial charge in [0.05, 0.1) is 15.9 Å². The lowest BCUT2D eigenvalue weighted by Gasteiger charge is -2.17. The third kappa shape index (κ3) is 4.66. The van der Waals surface area contributed by atoms with Crippen LogP contribution in [-0.2, 0) is 0 Å². The van der Waals surface area contributed by atoms with Crippen molar-refractivity contribution in [2.24, 2.45) is 5.10 Å². The average molecular weight is 491 g/mol. The minimum absolute atomic E-state index is 0.321. The van der Waals surface area contributed by atoms with Crippen LogP contribution in [0.25, 0.3) is 28.1 Å². The molecule has 0 bridgehead atoms. The molecular weight excluding hydrogens is 470 g/mol. The number of rotatable bonds is 6. The van der Waals surface area contributed by atoms with Crippen LogP contribution in [0, 0.1) is 11.8 Å². The highest BCUT2D eigenvalue weighted by Gasteiger charge is 2.17. The summed E-state index contributed by atoms with van der Waals surface area (Å²) in [5, 5.41) is 11.1. The van der Waals surface area contributed by atoms with Gasteiger partial charge in [-0.1, -0.05) is 61.0 Å². The number of aromatic amines is 1. The van der Waals surface area contributed by atoms with Crippen LogP contribution in [0.3, 0.4) is 0 Å². The lowest BCUT2D eigenvalue weighted by Crippen LogP contribution is -2.34. The number of allylic oxidation sites excluding steroid dienone is 1. The molecule has 0 saturated carbocycles. The van der Waals surface area contributed by atoms with Crippen LogP contribution in [-0.4, -0.2) is 16.0 Å². The monoisotopic (exact) mass is 490 g/mol. The van der Waals surface area contributed by atoms with E-state index in [0.717, 1.165) is 33.4 Å². The van der Waals surface area contributed by atoms with Gasteiger partial charge in [-0.15, -0.1) is 10.6 Å². The Balaban J connectivity index is 1.65. The average Bonchev–Trinajstić information content (AvgIpc) is 3.52. The normalized spacial score (nSPS) is 14.1. The van der Waals surface area contributed by atoms with Gasteiger partial charge in [0, 0.05) is 0 Å². The van der Waals surface area contributed by atoms with E-state index in [9.17, 15) is 8.78 Å². The van der Waals surface area contributed by atoms with E-state index in [4.69, 9.17) is 11.6 Å². The Morgan fingerprint density at radius 2 is 1.77 bits per heavy atom. The summed E-state index contributed by atoms with van der Waals surface area (Å²) in [7, 11) is 0. The molecule has 1 aliphatic heterocycles. The molecule has 5 rings (SSSR count). The molecule has 1 aliphatic rings. The largest absolute Gasteiger partial charge is 0.285 e. The summed E-state index contributed by atoms with van der Waals surface area (Å²) in [6.07, 6.45) is 4.39. The number of H-pyrrole nitrogens is 1. The Morgan fingerprint density at radius 3 is 2.49 bits per heavy atom. The smallest absolute Gasteiger partial charge is 0.216 e. The Hall–Kier alpha value is -4.01. The van der Waals surface area contributed by atoms with Gasteiger partial charge in [0.2, 0.25) is 5.95 Å². The highest BCUT2D eigenvalue weighted by molar-refractivity contribution is 6.32. The highest BCUT2D eigenvalue weighted by atomic mass is 35.5. The lowest BCUT2D eigenvalue weighted by atomic mass is 9.87. The molecule has 4 N–H and O–H groups in total. The summed E-state index contributed by atoms with van der Waals surface area (Å²) in [6.45, 7) is 2.01. The third-order valence-corrected chi connectivity index (χ3v) is 6.08. The van der Waals surface area contributed by atoms with Crippen LogP contribution >= 0.6 is 11.6 Å². The predicted octanol–water partition coefficient (Wildman–Crippen LogP) is 5.80. The number of amidine groups is 1. The Labute approximate surface area is 205 Å². The van der Waals surface area contributed by atoms with E-state index in [0.29, 0.717) is 28.2 Å². The zero-order valence-electron chi connectivity index (χ0n) is 18.7. The van der Waals surface area contributed by atoms with Gasteiger partial charge in [-0.2, -0.15) is 9.49 Å². The van der Waals surface area contributed by atoms with Gasteiger partial charge in [0.1, 0.15) is 5.82 Å². The summed E-state index contributed by atoms with van der Waals surface area (Å²) in [6, 6.07) is 17.8. The van der Waals surface area contributed by atoms with Crippen molar-refractivity contribution in [2.45, 2.75) is 13.3 Å². The van der Waals surface area contributed by atoms with Crippen LogP contribution in [0.15, 0.2) is 71.8 Å². The summed E-state index contributed by atoms with van der Waals surface area (Å²) >= 11 is 6.47. The molecule has 3 aromatic carbocycles. The quantitative estimate of drug-likeness (QED) is 0.257. The number of halogens is 3. The van der Waals surface area contributed by atoms with Crippen molar-refractivity contribution in [1.29, 1.82) is 0 Å². The number of nitrogens with zero attached hydrogens (tertiary/aromatic N) is 2. The predicted molar refractivity (Wildman–Crippen MR) is 136 cm³/mol. The molecule has 2 heterocycles. The van der Waals surface area contributed by atoms with Crippen LogP contribution in [0.1, 0.15) is 35.6 Å². The number of fused-ring (bicyclic) bond motifs is 1. The molecular formula is C26H21ClF2N6. The summed E-state index contributed by atoms with van der Waals surface area (Å²) in [4.78, 5) is 0. The number of nitrogens with one attached hydrogen (secondary N) is 4. The number of hydrazone groups is 1. The van der Waals surface area contributed by atoms with Gasteiger partial charge >= 0.3 is 0 Å². The molecule has 0 saturated heterocycles. The zero-order chi connectivity index (χ0) is 24.4. The minimum Gasteiger partial charge on any atom is -0.285 e. The van der Waals surface area contributed by atoms with Crippen molar-refractivity contribution in [3.63, 3.8) is 0 Å². The van der Waals surface area contributed by atoms with Crippen molar-refractivity contribution in [3.8, 4) is 0 Å². The van der Waals surface area contributed by atoms with Gasteiger partial charge in [-0.25, -0.2) is 9.93 Å². The number of hydrogen-bond acceptors (Lipinski definition) is 5. The van der Waals surface area contributed by atoms with Crippen LogP contribution < -0.4 is 16.5 Å². The van der Waals surface area contributed by atoms with Crippen LogP contribution in [0.5, 0.6) is 0 Å². The van der Waals surface area contributed by atoms with Gasteiger partial charge in [0.15, 0.2) is 5.84 Å². The van der Waals surface area contributed by atoms with Crippen molar-refractivity contribution in [3.05, 3.63) is 106 Å². The Morgan fingerprint density at radius 1 is 0.971 bits per heavy atom. The Kier molecular flexibility index (Phi) is 6.31. The van der Waals surface area contributed by atoms with Crippen LogP contribution in [0.2, 0.25) is 5.02 Å². The van der Waals surface area contributed by atoms with Crippen molar-refractivity contribution < 1.29 is 8.78 Å². The first-order chi connectivity index (χ1) is 17.0. The molecule has 0 fully saturated rings. The highest BCUT2D eigenvalue weighted by Crippen LogP contribution is 2.38. The summed E-state index contributed by atoms with van der Waals surface area (Å²) in [5.41, 5.74) is 13.9. The standard InChI is InChI=1S/C26H21ClF2N6/c1-2-19(20-10-9-18(28)14-22(20)27)25(17-8-11-23-21(13-17)26(29)33-30-23)16-6-3-15(4-7-16)5-12-24-31-34-35-32-24/h3-14,34-35H,2H2,1H3,(H,30,33)(H,31,32)/b12-5+,25-19+. The molecule has 0 spiro atoms. The molecule has 1 aromatic heterocycles. The molecule has 176 valence electrons. The zero-order valence-corrected chi connectivity index (χ0v) is 19.4. The molecule has 6 nitrogen and oxygen atoms in total. The van der Waals surface area contributed by atoms with Gasteiger partial charge < -0.3 is 0 Å². The summed E-state index contributed by atoms with van der Waals surface area (Å²) in [5.74, 6) is -0.239. The fourth-order valence-corrected chi connectivity index (χ4v) is 4.39. The molecule has 0 unspecified atom stereocenters. The second-order valence-electron chi connectivity index (χ2n) is 7.91. The number of benzene rings is 3. The molecule has 4 aromatic rings. The van der Waals surface area contributed by atoms with E-state index in [1.807, 2.05) is 49.4 Å². The molecule has 9 heteroatoms. The molecule has 0 radical (unpaired) electrons. The molecule has 35 heavy (non-hydrogen) atoms. The second kappa shape index (κ2) is 9.69. The number of aromatic nitrogens is 2. The van der Waals surface area contributed by atoms with E-state index in [1.54, 1.807) is 18.2 Å². The van der Waals surface area contributed by atoms with Gasteiger partial charge in [-0.05, 0) is 70.2 Å². The third-order valence-electron chi connectivity index (χ3n) is 5.76.